The van der Waals surface area contributed by atoms with Crippen molar-refractivity contribution in [3.05, 3.63) is 60.0 Å². The van der Waals surface area contributed by atoms with Gasteiger partial charge in [-0.2, -0.15) is 0 Å². The van der Waals surface area contributed by atoms with Crippen molar-refractivity contribution in [1.29, 1.82) is 0 Å². The molecule has 1 unspecified atom stereocenters. The summed E-state index contributed by atoms with van der Waals surface area (Å²) in [6.45, 7) is 3.56. The molecule has 2 heterocycles. The lowest BCUT2D eigenvalue weighted by atomic mass is 9.94. The number of hydrogen-bond donors (Lipinski definition) is 0. The van der Waals surface area contributed by atoms with Gasteiger partial charge in [-0.1, -0.05) is 24.3 Å². The molecule has 3 aromatic rings. The molecule has 0 amide bonds. The largest absolute Gasteiger partial charge is 0.441 e. The fourth-order valence-corrected chi connectivity index (χ4v) is 4.72. The van der Waals surface area contributed by atoms with Gasteiger partial charge < -0.3 is 14.1 Å². The van der Waals surface area contributed by atoms with Crippen LogP contribution in [0.4, 0.5) is 0 Å². The van der Waals surface area contributed by atoms with Gasteiger partial charge in [0.05, 0.1) is 12.7 Å². The van der Waals surface area contributed by atoms with E-state index in [1.54, 1.807) is 19.2 Å². The summed E-state index contributed by atoms with van der Waals surface area (Å²) < 4.78 is 35.0. The highest BCUT2D eigenvalue weighted by atomic mass is 32.2. The van der Waals surface area contributed by atoms with Crippen LogP contribution < -0.4 is 0 Å². The summed E-state index contributed by atoms with van der Waals surface area (Å²) in [5, 5.41) is 0. The predicted molar refractivity (Wildman–Crippen MR) is 125 cm³/mol. The Bertz CT molecular complexity index is 1170. The Balaban J connectivity index is 1.53. The fraction of sp³-hybridized carbons (Fsp3) is 0.375. The molecule has 0 spiro atoms. The van der Waals surface area contributed by atoms with Crippen LogP contribution in [0.5, 0.6) is 0 Å². The maximum Gasteiger partial charge on any atom is 0.226 e. The van der Waals surface area contributed by atoms with E-state index in [4.69, 9.17) is 22.0 Å². The number of nitrogens with zero attached hydrogens (tertiary/aromatic N) is 2. The smallest absolute Gasteiger partial charge is 0.226 e. The van der Waals surface area contributed by atoms with Crippen molar-refractivity contribution in [3.63, 3.8) is 0 Å². The summed E-state index contributed by atoms with van der Waals surface area (Å²) >= 11 is 0. The van der Waals surface area contributed by atoms with Crippen LogP contribution in [-0.4, -0.2) is 58.5 Å². The van der Waals surface area contributed by atoms with Crippen molar-refractivity contribution >= 4 is 17.7 Å². The third kappa shape index (κ3) is 4.82. The van der Waals surface area contributed by atoms with Crippen LogP contribution in [0.25, 0.3) is 22.6 Å². The van der Waals surface area contributed by atoms with Gasteiger partial charge in [0.25, 0.3) is 0 Å². The van der Waals surface area contributed by atoms with Crippen LogP contribution in [0.3, 0.4) is 0 Å². The van der Waals surface area contributed by atoms with Gasteiger partial charge in [0, 0.05) is 25.5 Å². The minimum atomic E-state index is -3.21. The van der Waals surface area contributed by atoms with E-state index in [-0.39, 0.29) is 12.0 Å². The van der Waals surface area contributed by atoms with Gasteiger partial charge in [-0.3, -0.25) is 0 Å². The van der Waals surface area contributed by atoms with E-state index in [1.165, 1.54) is 6.26 Å². The van der Waals surface area contributed by atoms with Crippen molar-refractivity contribution in [2.45, 2.75) is 36.7 Å². The number of hydrogen-bond acceptors (Lipinski definition) is 6. The molecule has 0 aliphatic carbocycles. The standard InChI is InChI=1S/C24H27BN2O4S/c1-16-23(21(30-2)15-27-14-4-5-22(27)25)26-24(31-16)19-8-6-17(7-9-19)18-10-12-20(13-11-18)32(3,28)29/h6-13,21-22H,4-5,14-15H2,1-3H3/t21?,22-/m1/s1. The Kier molecular flexibility index (Phi) is 6.56. The third-order valence-corrected chi connectivity index (χ3v) is 7.11. The van der Waals surface area contributed by atoms with E-state index >= 15 is 0 Å². The third-order valence-electron chi connectivity index (χ3n) is 5.98. The Labute approximate surface area is 190 Å². The van der Waals surface area contributed by atoms with Gasteiger partial charge in [-0.05, 0) is 67.6 Å². The topological polar surface area (TPSA) is 72.6 Å². The Hall–Kier alpha value is -2.42. The molecule has 6 nitrogen and oxygen atoms in total. The summed E-state index contributed by atoms with van der Waals surface area (Å²) in [5.74, 6) is 1.35. The second kappa shape index (κ2) is 9.21. The van der Waals surface area contributed by atoms with Crippen LogP contribution >= 0.6 is 0 Å². The zero-order chi connectivity index (χ0) is 22.9. The van der Waals surface area contributed by atoms with Crippen LogP contribution in [0.15, 0.2) is 57.8 Å². The highest BCUT2D eigenvalue weighted by Crippen LogP contribution is 2.30. The normalized spacial score (nSPS) is 18.2. The molecule has 166 valence electrons. The Morgan fingerprint density at radius 3 is 2.25 bits per heavy atom. The number of likely N-dealkylation sites (tertiary alicyclic amines) is 1. The minimum Gasteiger partial charge on any atom is -0.441 e. The first-order valence-electron chi connectivity index (χ1n) is 10.7. The number of methoxy groups -OCH3 is 1. The number of sulfone groups is 1. The molecule has 0 N–H and O–H groups in total. The van der Waals surface area contributed by atoms with Crippen molar-refractivity contribution in [2.75, 3.05) is 26.5 Å². The van der Waals surface area contributed by atoms with Crippen LogP contribution in [0.1, 0.15) is 30.4 Å². The maximum absolute atomic E-state index is 11.7. The van der Waals surface area contributed by atoms with E-state index in [9.17, 15) is 8.42 Å². The van der Waals surface area contributed by atoms with Gasteiger partial charge in [-0.25, -0.2) is 13.4 Å². The molecule has 1 aliphatic rings. The lowest BCUT2D eigenvalue weighted by Gasteiger charge is -2.25. The highest BCUT2D eigenvalue weighted by Gasteiger charge is 2.27. The number of rotatable bonds is 7. The number of aryl methyl sites for hydroxylation is 1. The van der Waals surface area contributed by atoms with Crippen LogP contribution in [-0.2, 0) is 14.6 Å². The lowest BCUT2D eigenvalue weighted by molar-refractivity contribution is 0.0637. The molecule has 0 saturated carbocycles. The molecule has 32 heavy (non-hydrogen) atoms. The molecule has 1 saturated heterocycles. The van der Waals surface area contributed by atoms with Gasteiger partial charge in [0.1, 0.15) is 17.6 Å². The van der Waals surface area contributed by atoms with Crippen molar-refractivity contribution < 1.29 is 17.6 Å². The van der Waals surface area contributed by atoms with E-state index < -0.39 is 9.84 Å². The maximum atomic E-state index is 11.7. The number of benzene rings is 2. The quantitative estimate of drug-likeness (QED) is 0.507. The van der Waals surface area contributed by atoms with E-state index in [1.807, 2.05) is 43.3 Å². The average molecular weight is 450 g/mol. The number of ether oxygens (including phenoxy) is 1. The minimum absolute atomic E-state index is 0.0679. The molecule has 2 aromatic carbocycles. The summed E-state index contributed by atoms with van der Waals surface area (Å²) in [5.41, 5.74) is 3.58. The molecule has 8 heteroatoms. The first-order valence-corrected chi connectivity index (χ1v) is 12.6. The highest BCUT2D eigenvalue weighted by molar-refractivity contribution is 7.90. The fourth-order valence-electron chi connectivity index (χ4n) is 4.09. The molecule has 2 atom stereocenters. The monoisotopic (exact) mass is 450 g/mol. The van der Waals surface area contributed by atoms with E-state index in [0.717, 1.165) is 47.5 Å². The molecule has 1 aliphatic heterocycles. The average Bonchev–Trinajstić information content (AvgIpc) is 3.36. The van der Waals surface area contributed by atoms with E-state index in [0.29, 0.717) is 17.3 Å². The predicted octanol–water partition coefficient (Wildman–Crippen LogP) is 4.00. The SMILES string of the molecule is [B][C@H]1CCCN1CC(OC)c1nc(-c2ccc(-c3ccc(S(C)(=O)=O)cc3)cc2)oc1C. The second-order valence-corrected chi connectivity index (χ2v) is 10.3. The molecular formula is C24H27BN2O4S. The summed E-state index contributed by atoms with van der Waals surface area (Å²) in [6, 6.07) is 14.7. The van der Waals surface area contributed by atoms with Gasteiger partial charge in [0.15, 0.2) is 9.84 Å². The summed E-state index contributed by atoms with van der Waals surface area (Å²) in [4.78, 5) is 7.27. The molecule has 1 aromatic heterocycles. The number of oxazole rings is 1. The summed E-state index contributed by atoms with van der Waals surface area (Å²) in [6.07, 6.45) is 3.10. The van der Waals surface area contributed by atoms with Crippen molar-refractivity contribution in [2.24, 2.45) is 0 Å². The van der Waals surface area contributed by atoms with Crippen LogP contribution in [0, 0.1) is 6.92 Å². The second-order valence-electron chi connectivity index (χ2n) is 8.26. The molecular weight excluding hydrogens is 423 g/mol. The van der Waals surface area contributed by atoms with E-state index in [2.05, 4.69) is 4.90 Å². The molecule has 2 radical (unpaired) electrons. The summed E-state index contributed by atoms with van der Waals surface area (Å²) in [7, 11) is 4.66. The van der Waals surface area contributed by atoms with Gasteiger partial charge in [0.2, 0.25) is 5.89 Å². The van der Waals surface area contributed by atoms with Gasteiger partial charge in [-0.15, -0.1) is 0 Å². The number of aromatic nitrogens is 1. The first kappa shape index (κ1) is 22.8. The van der Waals surface area contributed by atoms with Crippen molar-refractivity contribution in [3.8, 4) is 22.6 Å². The van der Waals surface area contributed by atoms with Crippen LogP contribution in [0.2, 0.25) is 0 Å². The Morgan fingerprint density at radius 2 is 1.72 bits per heavy atom. The molecule has 4 rings (SSSR count). The Morgan fingerprint density at radius 1 is 1.12 bits per heavy atom. The van der Waals surface area contributed by atoms with Crippen molar-refractivity contribution in [1.82, 2.24) is 9.88 Å². The first-order chi connectivity index (χ1) is 15.3. The van der Waals surface area contributed by atoms with Gasteiger partial charge >= 0.3 is 0 Å². The molecule has 0 bridgehead atoms. The zero-order valence-electron chi connectivity index (χ0n) is 18.6. The molecule has 1 fully saturated rings. The lowest BCUT2D eigenvalue weighted by Crippen LogP contribution is -2.34. The zero-order valence-corrected chi connectivity index (χ0v) is 19.4.